The third-order valence-corrected chi connectivity index (χ3v) is 7.81. The first kappa shape index (κ1) is 24.6. The molecular weight excluding hydrogens is 486 g/mol. The largest absolute Gasteiger partial charge is 0.449 e. The van der Waals surface area contributed by atoms with Gasteiger partial charge in [-0.3, -0.25) is 0 Å². The summed E-state index contributed by atoms with van der Waals surface area (Å²) in [6.45, 7) is 3.89. The molecule has 1 aliphatic carbocycles. The monoisotopic (exact) mass is 513 g/mol. The summed E-state index contributed by atoms with van der Waals surface area (Å²) in [5, 5.41) is 2.83. The van der Waals surface area contributed by atoms with Crippen LogP contribution in [-0.4, -0.2) is 21.1 Å². The fraction of sp³-hybridized carbons (Fsp3) is 0.167. The molecule has 1 N–H and O–H groups in total. The average Bonchev–Trinajstić information content (AvgIpc) is 3.21. The lowest BCUT2D eigenvalue weighted by Crippen LogP contribution is -2.28. The molecule has 5 rings (SSSR count). The van der Waals surface area contributed by atoms with Crippen LogP contribution < -0.4 is 9.50 Å². The lowest BCUT2D eigenvalue weighted by atomic mass is 9.98. The number of amides is 1. The number of hydrogen-bond donors (Lipinski definition) is 1. The molecule has 188 valence electrons. The van der Waals surface area contributed by atoms with Gasteiger partial charge in [-0.25, -0.2) is 4.79 Å². The summed E-state index contributed by atoms with van der Waals surface area (Å²) in [5.74, 6) is 0.136. The van der Waals surface area contributed by atoms with Crippen molar-refractivity contribution in [1.29, 1.82) is 0 Å². The van der Waals surface area contributed by atoms with Crippen molar-refractivity contribution in [1.82, 2.24) is 5.32 Å². The summed E-state index contributed by atoms with van der Waals surface area (Å²) in [5.41, 5.74) is 6.25. The molecule has 0 radical (unpaired) electrons. The van der Waals surface area contributed by atoms with E-state index in [9.17, 15) is 13.2 Å². The molecule has 0 spiro atoms. The number of rotatable bonds is 7. The number of aryl methyl sites for hydroxylation is 1. The molecule has 7 heteroatoms. The number of hydrogen-bond acceptors (Lipinski definition) is 5. The molecule has 0 heterocycles. The Morgan fingerprint density at radius 2 is 1.49 bits per heavy atom. The number of fused-ring (bicyclic) bond motifs is 3. The third-order valence-electron chi connectivity index (χ3n) is 6.55. The van der Waals surface area contributed by atoms with Crippen LogP contribution >= 0.6 is 0 Å². The van der Waals surface area contributed by atoms with Gasteiger partial charge < -0.3 is 14.2 Å². The molecule has 0 fully saturated rings. The van der Waals surface area contributed by atoms with Crippen LogP contribution in [0, 0.1) is 6.92 Å². The van der Waals surface area contributed by atoms with Gasteiger partial charge in [0.05, 0.1) is 6.04 Å². The zero-order chi connectivity index (χ0) is 26.0. The first-order valence-electron chi connectivity index (χ1n) is 12.0. The Bertz CT molecular complexity index is 1500. The molecule has 4 aromatic rings. The van der Waals surface area contributed by atoms with E-state index in [1.807, 2.05) is 31.2 Å². The lowest BCUT2D eigenvalue weighted by molar-refractivity contribution is 0.139. The number of nitrogens with one attached hydrogen (secondary N) is 1. The maximum Gasteiger partial charge on any atom is 0.407 e. The van der Waals surface area contributed by atoms with Crippen LogP contribution in [0.25, 0.3) is 11.1 Å². The molecule has 4 aromatic carbocycles. The number of benzene rings is 4. The second-order valence-corrected chi connectivity index (χ2v) is 10.7. The molecule has 0 saturated carbocycles. The Labute approximate surface area is 217 Å². The average molecular weight is 514 g/mol. The van der Waals surface area contributed by atoms with Crippen LogP contribution in [0.2, 0.25) is 0 Å². The number of alkyl carbamates (subject to hydrolysis) is 1. The third kappa shape index (κ3) is 5.22. The molecule has 0 saturated heterocycles. The van der Waals surface area contributed by atoms with Gasteiger partial charge in [0.25, 0.3) is 0 Å². The van der Waals surface area contributed by atoms with Crippen molar-refractivity contribution < 1.29 is 22.1 Å². The molecule has 1 aliphatic rings. The Kier molecular flexibility index (Phi) is 6.72. The van der Waals surface area contributed by atoms with E-state index in [-0.39, 0.29) is 23.2 Å². The van der Waals surface area contributed by atoms with E-state index in [0.29, 0.717) is 5.56 Å². The van der Waals surface area contributed by atoms with Crippen molar-refractivity contribution in [3.05, 3.63) is 119 Å². The van der Waals surface area contributed by atoms with Crippen LogP contribution in [0.4, 0.5) is 4.79 Å². The van der Waals surface area contributed by atoms with Gasteiger partial charge in [-0.2, -0.15) is 8.42 Å². The van der Waals surface area contributed by atoms with E-state index in [0.717, 1.165) is 27.8 Å². The highest BCUT2D eigenvalue weighted by Gasteiger charge is 2.29. The maximum atomic E-state index is 12.7. The van der Waals surface area contributed by atoms with Crippen molar-refractivity contribution in [3.8, 4) is 16.9 Å². The van der Waals surface area contributed by atoms with Crippen LogP contribution in [0.15, 0.2) is 102 Å². The van der Waals surface area contributed by atoms with Crippen LogP contribution in [0.1, 0.15) is 41.1 Å². The second-order valence-electron chi connectivity index (χ2n) is 9.11. The van der Waals surface area contributed by atoms with Gasteiger partial charge in [-0.05, 0) is 65.9 Å². The first-order chi connectivity index (χ1) is 17.8. The van der Waals surface area contributed by atoms with Crippen molar-refractivity contribution in [3.63, 3.8) is 0 Å². The fourth-order valence-electron chi connectivity index (χ4n) is 4.62. The molecule has 0 aromatic heterocycles. The lowest BCUT2D eigenvalue weighted by Gasteiger charge is -2.18. The Hall–Kier alpha value is -4.10. The zero-order valence-corrected chi connectivity index (χ0v) is 21.4. The van der Waals surface area contributed by atoms with Crippen molar-refractivity contribution in [2.75, 3.05) is 6.61 Å². The molecular formula is C30H27NO5S. The standard InChI is InChI=1S/C30H27NO5S/c1-20-14-16-24(17-15-20)37(33,34)36-23-9-7-8-22(18-23)21(2)31-30(32)35-19-29-27-12-5-3-10-25(27)26-11-4-6-13-28(26)29/h3-18,21,29H,19H2,1-2H3,(H,31,32). The predicted molar refractivity (Wildman–Crippen MR) is 142 cm³/mol. The highest BCUT2D eigenvalue weighted by Crippen LogP contribution is 2.44. The molecule has 37 heavy (non-hydrogen) atoms. The van der Waals surface area contributed by atoms with Gasteiger partial charge in [-0.15, -0.1) is 0 Å². The van der Waals surface area contributed by atoms with E-state index in [4.69, 9.17) is 8.92 Å². The smallest absolute Gasteiger partial charge is 0.407 e. The number of ether oxygens (including phenoxy) is 1. The van der Waals surface area contributed by atoms with Gasteiger partial charge in [0.15, 0.2) is 0 Å². The SMILES string of the molecule is Cc1ccc(S(=O)(=O)Oc2cccc(C(C)NC(=O)OCC3c4ccccc4-c4ccccc43)c2)cc1. The highest BCUT2D eigenvalue weighted by molar-refractivity contribution is 7.87. The minimum absolute atomic E-state index is 0.0304. The summed E-state index contributed by atoms with van der Waals surface area (Å²) in [6, 6.07) is 29.0. The summed E-state index contributed by atoms with van der Waals surface area (Å²) < 4.78 is 36.3. The molecule has 0 aliphatic heterocycles. The van der Waals surface area contributed by atoms with Gasteiger partial charge >= 0.3 is 16.2 Å². The normalized spacial score (nSPS) is 13.4. The van der Waals surface area contributed by atoms with Crippen molar-refractivity contribution >= 4 is 16.2 Å². The topological polar surface area (TPSA) is 81.7 Å². The van der Waals surface area contributed by atoms with E-state index in [2.05, 4.69) is 29.6 Å². The highest BCUT2D eigenvalue weighted by atomic mass is 32.2. The summed E-state index contributed by atoms with van der Waals surface area (Å²) in [4.78, 5) is 12.8. The minimum atomic E-state index is -3.97. The van der Waals surface area contributed by atoms with Crippen LogP contribution in [-0.2, 0) is 14.9 Å². The molecule has 1 unspecified atom stereocenters. The number of carbonyl (C=O) groups excluding carboxylic acids is 1. The summed E-state index contributed by atoms with van der Waals surface area (Å²) in [7, 11) is -3.97. The Morgan fingerprint density at radius 1 is 0.865 bits per heavy atom. The Morgan fingerprint density at radius 3 is 2.14 bits per heavy atom. The Balaban J connectivity index is 1.23. The fourth-order valence-corrected chi connectivity index (χ4v) is 5.54. The van der Waals surface area contributed by atoms with Gasteiger partial charge in [0.2, 0.25) is 0 Å². The predicted octanol–water partition coefficient (Wildman–Crippen LogP) is 6.36. The number of carbonyl (C=O) groups is 1. The van der Waals surface area contributed by atoms with Crippen LogP contribution in [0.3, 0.4) is 0 Å². The van der Waals surface area contributed by atoms with Crippen molar-refractivity contribution in [2.45, 2.75) is 30.7 Å². The summed E-state index contributed by atoms with van der Waals surface area (Å²) >= 11 is 0. The van der Waals surface area contributed by atoms with E-state index < -0.39 is 22.3 Å². The van der Waals surface area contributed by atoms with E-state index >= 15 is 0 Å². The van der Waals surface area contributed by atoms with Gasteiger partial charge in [-0.1, -0.05) is 78.4 Å². The first-order valence-corrected chi connectivity index (χ1v) is 13.5. The van der Waals surface area contributed by atoms with E-state index in [1.54, 1.807) is 43.3 Å². The van der Waals surface area contributed by atoms with Crippen molar-refractivity contribution in [2.24, 2.45) is 0 Å². The summed E-state index contributed by atoms with van der Waals surface area (Å²) in [6.07, 6.45) is -0.548. The molecule has 6 nitrogen and oxygen atoms in total. The van der Waals surface area contributed by atoms with Gasteiger partial charge in [0, 0.05) is 5.92 Å². The van der Waals surface area contributed by atoms with E-state index in [1.165, 1.54) is 12.1 Å². The van der Waals surface area contributed by atoms with Crippen LogP contribution in [0.5, 0.6) is 5.75 Å². The maximum absolute atomic E-state index is 12.7. The van der Waals surface area contributed by atoms with Gasteiger partial charge in [0.1, 0.15) is 17.3 Å². The quantitative estimate of drug-likeness (QED) is 0.291. The molecule has 1 amide bonds. The molecule has 1 atom stereocenters. The second kappa shape index (κ2) is 10.1. The minimum Gasteiger partial charge on any atom is -0.449 e. The zero-order valence-electron chi connectivity index (χ0n) is 20.5. The molecule has 0 bridgehead atoms.